The molecule has 0 aromatic carbocycles. The zero-order valence-electron chi connectivity index (χ0n) is 16.0. The van der Waals surface area contributed by atoms with E-state index in [2.05, 4.69) is 58.5 Å². The number of pyridine rings is 1. The second kappa shape index (κ2) is 6.73. The molecule has 0 N–H and O–H groups in total. The van der Waals surface area contributed by atoms with Gasteiger partial charge < -0.3 is 14.2 Å². The lowest BCUT2D eigenvalue weighted by molar-refractivity contribution is 0.0741. The fourth-order valence-electron chi connectivity index (χ4n) is 4.76. The molecule has 0 aliphatic carbocycles. The maximum atomic E-state index is 4.41. The summed E-state index contributed by atoms with van der Waals surface area (Å²) in [5.74, 6) is 0.702. The average Bonchev–Trinajstić information content (AvgIpc) is 3.05. The molecule has 4 heteroatoms. The third kappa shape index (κ3) is 3.61. The number of imidazole rings is 1. The van der Waals surface area contributed by atoms with Crippen molar-refractivity contribution in [2.24, 2.45) is 5.41 Å². The first-order valence-corrected chi connectivity index (χ1v) is 9.87. The predicted octanol–water partition coefficient (Wildman–Crippen LogP) is 3.55. The van der Waals surface area contributed by atoms with Crippen molar-refractivity contribution in [3.8, 4) is 0 Å². The molecule has 0 saturated carbocycles. The number of hydrogen-bond acceptors (Lipinski definition) is 3. The first-order valence-electron chi connectivity index (χ1n) is 9.87. The predicted molar refractivity (Wildman–Crippen MR) is 103 cm³/mol. The summed E-state index contributed by atoms with van der Waals surface area (Å²) in [4.78, 5) is 9.61. The molecule has 136 valence electrons. The van der Waals surface area contributed by atoms with Crippen LogP contribution in [-0.2, 0) is 0 Å². The maximum absolute atomic E-state index is 4.41. The second-order valence-electron chi connectivity index (χ2n) is 8.77. The van der Waals surface area contributed by atoms with Gasteiger partial charge in [0.2, 0.25) is 0 Å². The molecule has 2 aromatic rings. The van der Waals surface area contributed by atoms with E-state index in [9.17, 15) is 0 Å². The average molecular weight is 341 g/mol. The van der Waals surface area contributed by atoms with Crippen LogP contribution in [0.25, 0.3) is 5.65 Å². The minimum Gasteiger partial charge on any atom is -0.307 e. The van der Waals surface area contributed by atoms with Gasteiger partial charge in [0.05, 0.1) is 0 Å². The molecule has 2 aliphatic rings. The SMILES string of the molecule is Cc1cc2nccn2cc1C1CCN(CC2(C)CCN(C)CC2)CC1. The molecule has 0 spiro atoms. The van der Waals surface area contributed by atoms with Crippen molar-refractivity contribution in [1.82, 2.24) is 19.2 Å². The number of nitrogens with zero attached hydrogens (tertiary/aromatic N) is 4. The lowest BCUT2D eigenvalue weighted by Crippen LogP contribution is -2.45. The molecule has 4 heterocycles. The third-order valence-corrected chi connectivity index (χ3v) is 6.60. The maximum Gasteiger partial charge on any atom is 0.136 e. The fraction of sp³-hybridized carbons (Fsp3) is 0.667. The minimum absolute atomic E-state index is 0.519. The van der Waals surface area contributed by atoms with Crippen LogP contribution in [0, 0.1) is 12.3 Å². The quantitative estimate of drug-likeness (QED) is 0.854. The standard InChI is InChI=1S/C21H32N4/c1-17-14-20-22-8-13-25(20)15-19(17)18-4-9-24(10-5-18)16-21(2)6-11-23(3)12-7-21/h8,13-15,18H,4-7,9-12,16H2,1-3H3. The zero-order valence-corrected chi connectivity index (χ0v) is 16.0. The Morgan fingerprint density at radius 2 is 1.88 bits per heavy atom. The fourth-order valence-corrected chi connectivity index (χ4v) is 4.76. The van der Waals surface area contributed by atoms with Gasteiger partial charge in [0, 0.05) is 25.1 Å². The molecule has 2 aromatic heterocycles. The Hall–Kier alpha value is -1.39. The summed E-state index contributed by atoms with van der Waals surface area (Å²) in [5, 5.41) is 0. The topological polar surface area (TPSA) is 23.8 Å². The molecule has 0 bridgehead atoms. The third-order valence-electron chi connectivity index (χ3n) is 6.60. The molecule has 4 nitrogen and oxygen atoms in total. The molecule has 2 aliphatic heterocycles. The van der Waals surface area contributed by atoms with Crippen LogP contribution < -0.4 is 0 Å². The molecular weight excluding hydrogens is 308 g/mol. The number of likely N-dealkylation sites (tertiary alicyclic amines) is 2. The van der Waals surface area contributed by atoms with E-state index in [4.69, 9.17) is 0 Å². The van der Waals surface area contributed by atoms with E-state index in [1.807, 2.05) is 6.20 Å². The van der Waals surface area contributed by atoms with Crippen LogP contribution in [0.4, 0.5) is 0 Å². The van der Waals surface area contributed by atoms with Crippen LogP contribution in [0.1, 0.15) is 49.7 Å². The van der Waals surface area contributed by atoms with Gasteiger partial charge in [0.15, 0.2) is 0 Å². The Balaban J connectivity index is 1.38. The van der Waals surface area contributed by atoms with Crippen LogP contribution in [-0.4, -0.2) is 59.0 Å². The van der Waals surface area contributed by atoms with Crippen molar-refractivity contribution in [3.63, 3.8) is 0 Å². The van der Waals surface area contributed by atoms with Gasteiger partial charge in [-0.25, -0.2) is 4.98 Å². The number of fused-ring (bicyclic) bond motifs is 1. The van der Waals surface area contributed by atoms with Gasteiger partial charge >= 0.3 is 0 Å². The highest BCUT2D eigenvalue weighted by molar-refractivity contribution is 5.45. The highest BCUT2D eigenvalue weighted by Gasteiger charge is 2.32. The van der Waals surface area contributed by atoms with Crippen molar-refractivity contribution < 1.29 is 0 Å². The molecule has 0 radical (unpaired) electrons. The lowest BCUT2D eigenvalue weighted by Gasteiger charge is -2.43. The minimum atomic E-state index is 0.519. The summed E-state index contributed by atoms with van der Waals surface area (Å²) < 4.78 is 2.17. The smallest absolute Gasteiger partial charge is 0.136 e. The summed E-state index contributed by atoms with van der Waals surface area (Å²) in [7, 11) is 2.25. The van der Waals surface area contributed by atoms with E-state index in [0.717, 1.165) is 5.65 Å². The van der Waals surface area contributed by atoms with E-state index in [1.165, 1.54) is 69.5 Å². The first kappa shape index (κ1) is 17.0. The second-order valence-corrected chi connectivity index (χ2v) is 8.77. The highest BCUT2D eigenvalue weighted by atomic mass is 15.1. The molecule has 25 heavy (non-hydrogen) atoms. The number of aromatic nitrogens is 2. The molecule has 0 unspecified atom stereocenters. The lowest BCUT2D eigenvalue weighted by atomic mass is 9.79. The van der Waals surface area contributed by atoms with E-state index >= 15 is 0 Å². The monoisotopic (exact) mass is 340 g/mol. The molecule has 0 atom stereocenters. The van der Waals surface area contributed by atoms with Crippen molar-refractivity contribution in [2.75, 3.05) is 39.8 Å². The van der Waals surface area contributed by atoms with Gasteiger partial charge in [0.25, 0.3) is 0 Å². The summed E-state index contributed by atoms with van der Waals surface area (Å²) in [5.41, 5.74) is 4.51. The van der Waals surface area contributed by atoms with E-state index in [-0.39, 0.29) is 0 Å². The van der Waals surface area contributed by atoms with E-state index in [0.29, 0.717) is 11.3 Å². The van der Waals surface area contributed by atoms with Gasteiger partial charge in [-0.15, -0.1) is 0 Å². The number of piperidine rings is 2. The van der Waals surface area contributed by atoms with Gasteiger partial charge in [0.1, 0.15) is 5.65 Å². The number of rotatable bonds is 3. The number of aryl methyl sites for hydroxylation is 1. The molecule has 4 rings (SSSR count). The first-order chi connectivity index (χ1) is 12.0. The highest BCUT2D eigenvalue weighted by Crippen LogP contribution is 2.35. The van der Waals surface area contributed by atoms with Gasteiger partial charge in [-0.2, -0.15) is 0 Å². The summed E-state index contributed by atoms with van der Waals surface area (Å²) in [6, 6.07) is 2.24. The summed E-state index contributed by atoms with van der Waals surface area (Å²) in [6.07, 6.45) is 11.5. The Bertz CT molecular complexity index is 719. The van der Waals surface area contributed by atoms with Crippen LogP contribution >= 0.6 is 0 Å². The van der Waals surface area contributed by atoms with Crippen LogP contribution in [0.5, 0.6) is 0 Å². The van der Waals surface area contributed by atoms with Gasteiger partial charge in [-0.3, -0.25) is 0 Å². The van der Waals surface area contributed by atoms with E-state index < -0.39 is 0 Å². The van der Waals surface area contributed by atoms with Gasteiger partial charge in [-0.05, 0) is 94.4 Å². The van der Waals surface area contributed by atoms with Crippen LogP contribution in [0.15, 0.2) is 24.7 Å². The van der Waals surface area contributed by atoms with Crippen molar-refractivity contribution >= 4 is 5.65 Å². The largest absolute Gasteiger partial charge is 0.307 e. The van der Waals surface area contributed by atoms with Crippen LogP contribution in [0.2, 0.25) is 0 Å². The molecule has 2 fully saturated rings. The summed E-state index contributed by atoms with van der Waals surface area (Å²) >= 11 is 0. The normalized spacial score (nSPS) is 23.3. The molecule has 0 amide bonds. The Morgan fingerprint density at radius 3 is 2.60 bits per heavy atom. The van der Waals surface area contributed by atoms with Crippen molar-refractivity contribution in [1.29, 1.82) is 0 Å². The number of hydrogen-bond donors (Lipinski definition) is 0. The van der Waals surface area contributed by atoms with Crippen molar-refractivity contribution in [3.05, 3.63) is 35.8 Å². The Labute approximate surface area is 151 Å². The summed E-state index contributed by atoms with van der Waals surface area (Å²) in [6.45, 7) is 11.1. The molecule has 2 saturated heterocycles. The Kier molecular flexibility index (Phi) is 4.59. The van der Waals surface area contributed by atoms with Crippen LogP contribution in [0.3, 0.4) is 0 Å². The molecular formula is C21H32N4. The van der Waals surface area contributed by atoms with Crippen molar-refractivity contribution in [2.45, 2.75) is 45.4 Å². The van der Waals surface area contributed by atoms with Gasteiger partial charge in [-0.1, -0.05) is 6.92 Å². The van der Waals surface area contributed by atoms with E-state index in [1.54, 1.807) is 0 Å². The zero-order chi connectivity index (χ0) is 17.4. The Morgan fingerprint density at radius 1 is 1.16 bits per heavy atom.